The molecule has 1 aliphatic heterocycles. The summed E-state index contributed by atoms with van der Waals surface area (Å²) < 4.78 is 0. The zero-order valence-electron chi connectivity index (χ0n) is 19.2. The highest BCUT2D eigenvalue weighted by molar-refractivity contribution is 6.11. The van der Waals surface area contributed by atoms with E-state index in [1.54, 1.807) is 29.2 Å². The highest BCUT2D eigenvalue weighted by atomic mass is 16.3. The maximum Gasteiger partial charge on any atom is 0.264 e. The molecule has 4 aromatic carbocycles. The van der Waals surface area contributed by atoms with E-state index in [1.807, 2.05) is 85.7 Å². The molecule has 0 saturated carbocycles. The van der Waals surface area contributed by atoms with Crippen LogP contribution in [0.2, 0.25) is 0 Å². The number of rotatable bonds is 6. The Bertz CT molecular complexity index is 1390. The number of Topliss-reactive ketones (excluding diaryl/α,β-unsaturated/α-hetero) is 1. The van der Waals surface area contributed by atoms with Crippen LogP contribution in [0.1, 0.15) is 27.9 Å². The van der Waals surface area contributed by atoms with Gasteiger partial charge >= 0.3 is 0 Å². The Labute approximate surface area is 198 Å². The summed E-state index contributed by atoms with van der Waals surface area (Å²) in [5.74, 6) is -0.747. The van der Waals surface area contributed by atoms with E-state index >= 15 is 0 Å². The topological polar surface area (TPSA) is 60.9 Å². The second-order valence-electron chi connectivity index (χ2n) is 8.95. The summed E-state index contributed by atoms with van der Waals surface area (Å²) in [4.78, 5) is 30.3. The summed E-state index contributed by atoms with van der Waals surface area (Å²) in [6.07, 6.45) is -0.309. The molecule has 0 bridgehead atoms. The summed E-state index contributed by atoms with van der Waals surface area (Å²) in [6.45, 7) is 0.311. The monoisotopic (exact) mass is 450 g/mol. The Morgan fingerprint density at radius 2 is 1.56 bits per heavy atom. The minimum absolute atomic E-state index is 0.275. The predicted molar refractivity (Wildman–Crippen MR) is 135 cm³/mol. The van der Waals surface area contributed by atoms with Crippen LogP contribution >= 0.6 is 0 Å². The normalized spacial score (nSPS) is 17.1. The van der Waals surface area contributed by atoms with Crippen LogP contribution in [0.15, 0.2) is 91.0 Å². The van der Waals surface area contributed by atoms with E-state index < -0.39 is 11.5 Å². The van der Waals surface area contributed by atoms with Crippen molar-refractivity contribution in [2.24, 2.45) is 0 Å². The van der Waals surface area contributed by atoms with E-state index in [1.165, 1.54) is 0 Å². The number of nitrogens with zero attached hydrogens (tertiary/aromatic N) is 2. The van der Waals surface area contributed by atoms with E-state index in [0.717, 1.165) is 22.0 Å². The molecule has 0 aromatic heterocycles. The average molecular weight is 451 g/mol. The number of hydrogen-bond acceptors (Lipinski definition) is 4. The van der Waals surface area contributed by atoms with E-state index in [4.69, 9.17) is 0 Å². The third-order valence-electron chi connectivity index (χ3n) is 6.57. The number of anilines is 2. The molecule has 5 heteroatoms. The van der Waals surface area contributed by atoms with Crippen molar-refractivity contribution in [2.45, 2.75) is 18.6 Å². The van der Waals surface area contributed by atoms with Crippen LogP contribution in [0, 0.1) is 0 Å². The molecule has 0 fully saturated rings. The molecule has 0 saturated heterocycles. The third kappa shape index (κ3) is 3.64. The van der Waals surface area contributed by atoms with Gasteiger partial charge in [0.1, 0.15) is 0 Å². The number of amides is 1. The molecule has 4 aromatic rings. The van der Waals surface area contributed by atoms with Crippen molar-refractivity contribution >= 4 is 33.8 Å². The van der Waals surface area contributed by atoms with Crippen LogP contribution in [0.5, 0.6) is 0 Å². The summed E-state index contributed by atoms with van der Waals surface area (Å²) in [6, 6.07) is 28.4. The number of aliphatic hydroxyl groups is 1. The third-order valence-corrected chi connectivity index (χ3v) is 6.57. The largest absolute Gasteiger partial charge is 0.378 e. The summed E-state index contributed by atoms with van der Waals surface area (Å²) in [5, 5.41) is 13.8. The van der Waals surface area contributed by atoms with Crippen molar-refractivity contribution in [1.29, 1.82) is 0 Å². The van der Waals surface area contributed by atoms with Crippen LogP contribution in [0.4, 0.5) is 11.4 Å². The molecule has 0 radical (unpaired) electrons. The Kier molecular flexibility index (Phi) is 5.42. The van der Waals surface area contributed by atoms with Gasteiger partial charge < -0.3 is 14.9 Å². The first kappa shape index (κ1) is 21.9. The van der Waals surface area contributed by atoms with Gasteiger partial charge in [-0.25, -0.2) is 0 Å². The molecule has 1 amide bonds. The van der Waals surface area contributed by atoms with Crippen molar-refractivity contribution < 1.29 is 14.7 Å². The number of carbonyl (C=O) groups is 2. The molecule has 5 nitrogen and oxygen atoms in total. The molecule has 1 N–H and O–H groups in total. The summed E-state index contributed by atoms with van der Waals surface area (Å²) in [5.41, 5.74) is 1.63. The van der Waals surface area contributed by atoms with Crippen molar-refractivity contribution in [1.82, 2.24) is 0 Å². The van der Waals surface area contributed by atoms with Crippen LogP contribution in [-0.2, 0) is 16.9 Å². The Hall–Kier alpha value is -3.96. The predicted octanol–water partition coefficient (Wildman–Crippen LogP) is 4.91. The molecule has 34 heavy (non-hydrogen) atoms. The number of ketones is 1. The van der Waals surface area contributed by atoms with Crippen molar-refractivity contribution in [3.63, 3.8) is 0 Å². The highest BCUT2D eigenvalue weighted by Crippen LogP contribution is 2.44. The SMILES string of the molecule is CN(C)c1ccc(C(=O)CC2(O)C(=O)N(Cc3cccc4ccccc34)c3ccccc32)cc1. The van der Waals surface area contributed by atoms with Crippen molar-refractivity contribution in [3.8, 4) is 0 Å². The molecule has 5 rings (SSSR count). The van der Waals surface area contributed by atoms with Crippen LogP contribution in [0.3, 0.4) is 0 Å². The fraction of sp³-hybridized carbons (Fsp3) is 0.172. The molecule has 0 spiro atoms. The molecule has 1 atom stereocenters. The second kappa shape index (κ2) is 8.43. The van der Waals surface area contributed by atoms with E-state index in [2.05, 4.69) is 0 Å². The van der Waals surface area contributed by atoms with Crippen LogP contribution in [0.25, 0.3) is 10.8 Å². The fourth-order valence-corrected chi connectivity index (χ4v) is 4.72. The highest BCUT2D eigenvalue weighted by Gasteiger charge is 2.50. The van der Waals surface area contributed by atoms with E-state index in [0.29, 0.717) is 23.4 Å². The van der Waals surface area contributed by atoms with Crippen LogP contribution < -0.4 is 9.80 Å². The molecule has 1 heterocycles. The first-order valence-electron chi connectivity index (χ1n) is 11.3. The maximum absolute atomic E-state index is 13.7. The Morgan fingerprint density at radius 3 is 2.32 bits per heavy atom. The molecular formula is C29H26N2O3. The minimum Gasteiger partial charge on any atom is -0.378 e. The van der Waals surface area contributed by atoms with Crippen molar-refractivity contribution in [3.05, 3.63) is 108 Å². The smallest absolute Gasteiger partial charge is 0.264 e. The fourth-order valence-electron chi connectivity index (χ4n) is 4.72. The summed E-state index contributed by atoms with van der Waals surface area (Å²) in [7, 11) is 3.86. The molecule has 170 valence electrons. The lowest BCUT2D eigenvalue weighted by molar-refractivity contribution is -0.136. The lowest BCUT2D eigenvalue weighted by atomic mass is 9.88. The standard InChI is InChI=1S/C29H26N2O3/c1-30(2)23-16-14-21(15-17-23)27(32)18-29(34)25-12-5-6-13-26(25)31(28(29)33)19-22-10-7-9-20-8-3-4-11-24(20)22/h3-17,34H,18-19H2,1-2H3. The maximum atomic E-state index is 13.7. The first-order chi connectivity index (χ1) is 16.4. The first-order valence-corrected chi connectivity index (χ1v) is 11.3. The van der Waals surface area contributed by atoms with Gasteiger partial charge in [-0.3, -0.25) is 9.59 Å². The lowest BCUT2D eigenvalue weighted by Crippen LogP contribution is -2.41. The molecule has 1 aliphatic rings. The Morgan fingerprint density at radius 1 is 0.882 bits per heavy atom. The number of carbonyl (C=O) groups excluding carboxylic acids is 2. The van der Waals surface area contributed by atoms with Crippen molar-refractivity contribution in [2.75, 3.05) is 23.9 Å². The minimum atomic E-state index is -1.90. The zero-order chi connectivity index (χ0) is 23.9. The van der Waals surface area contributed by atoms with Gasteiger partial charge in [-0.15, -0.1) is 0 Å². The van der Waals surface area contributed by atoms with Gasteiger partial charge in [0, 0.05) is 30.9 Å². The number of benzene rings is 4. The van der Waals surface area contributed by atoms with Crippen LogP contribution in [-0.4, -0.2) is 30.9 Å². The Balaban J connectivity index is 1.48. The number of hydrogen-bond donors (Lipinski definition) is 1. The molecule has 0 aliphatic carbocycles. The van der Waals surface area contributed by atoms with Gasteiger partial charge in [0.15, 0.2) is 11.4 Å². The number of fused-ring (bicyclic) bond motifs is 2. The van der Waals surface area contributed by atoms with Gasteiger partial charge in [-0.05, 0) is 46.7 Å². The van der Waals surface area contributed by atoms with Gasteiger partial charge in [0.2, 0.25) is 0 Å². The van der Waals surface area contributed by atoms with Gasteiger partial charge in [-0.1, -0.05) is 60.7 Å². The molecular weight excluding hydrogens is 424 g/mol. The summed E-state index contributed by atoms with van der Waals surface area (Å²) >= 11 is 0. The van der Waals surface area contributed by atoms with Gasteiger partial charge in [0.25, 0.3) is 5.91 Å². The number of para-hydroxylation sites is 1. The average Bonchev–Trinajstić information content (AvgIpc) is 3.06. The van der Waals surface area contributed by atoms with Gasteiger partial charge in [0.05, 0.1) is 18.7 Å². The zero-order valence-corrected chi connectivity index (χ0v) is 19.2. The lowest BCUT2D eigenvalue weighted by Gasteiger charge is -2.23. The van der Waals surface area contributed by atoms with E-state index in [-0.39, 0.29) is 12.2 Å². The second-order valence-corrected chi connectivity index (χ2v) is 8.95. The van der Waals surface area contributed by atoms with E-state index in [9.17, 15) is 14.7 Å². The van der Waals surface area contributed by atoms with Gasteiger partial charge in [-0.2, -0.15) is 0 Å². The molecule has 1 unspecified atom stereocenters. The quantitative estimate of drug-likeness (QED) is 0.424.